The number of carbonyl (C=O) groups excluding carboxylic acids is 2. The maximum absolute atomic E-state index is 13.1. The van der Waals surface area contributed by atoms with E-state index in [4.69, 9.17) is 0 Å². The van der Waals surface area contributed by atoms with E-state index in [0.29, 0.717) is 48.0 Å². The minimum atomic E-state index is -0.484. The number of ketones is 1. The number of piperidine rings is 1. The summed E-state index contributed by atoms with van der Waals surface area (Å²) in [6.07, 6.45) is 4.50. The third-order valence-corrected chi connectivity index (χ3v) is 5.63. The monoisotopic (exact) mass is 390 g/mol. The molecule has 0 radical (unpaired) electrons. The summed E-state index contributed by atoms with van der Waals surface area (Å²) in [4.78, 5) is 43.5. The van der Waals surface area contributed by atoms with E-state index in [2.05, 4.69) is 15.2 Å². The molecular weight excluding hydrogens is 368 g/mol. The lowest BCUT2D eigenvalue weighted by atomic mass is 9.88. The second kappa shape index (κ2) is 7.95. The summed E-state index contributed by atoms with van der Waals surface area (Å²) in [5, 5.41) is 7.87. The van der Waals surface area contributed by atoms with Gasteiger partial charge in [-0.05, 0) is 38.0 Å². The predicted molar refractivity (Wildman–Crippen MR) is 109 cm³/mol. The number of Topliss-reactive ketones (excluding diaryl/α,β-unsaturated/α-hetero) is 1. The van der Waals surface area contributed by atoms with Crippen molar-refractivity contribution in [2.45, 2.75) is 25.7 Å². The van der Waals surface area contributed by atoms with Crippen molar-refractivity contribution >= 4 is 22.5 Å². The molecule has 1 amide bonds. The van der Waals surface area contributed by atoms with Crippen LogP contribution in [0.15, 0.2) is 53.6 Å². The standard InChI is InChI=1S/C22H22N4O3/c1-14(19-17-6-2-3-7-18(17)21(28)25-24-19)22(29)26-11-8-15(9-12-26)20(27)16-5-4-10-23-13-16/h2-7,10,13-15H,8-9,11-12H2,1H3,(H,25,28)/t14-/m0/s1. The molecule has 4 rings (SSSR count). The molecule has 0 saturated carbocycles. The van der Waals surface area contributed by atoms with E-state index >= 15 is 0 Å². The van der Waals surface area contributed by atoms with Crippen molar-refractivity contribution in [3.8, 4) is 0 Å². The number of hydrogen-bond donors (Lipinski definition) is 1. The van der Waals surface area contributed by atoms with Crippen LogP contribution >= 0.6 is 0 Å². The van der Waals surface area contributed by atoms with E-state index in [-0.39, 0.29) is 23.2 Å². The van der Waals surface area contributed by atoms with Gasteiger partial charge >= 0.3 is 0 Å². The van der Waals surface area contributed by atoms with E-state index < -0.39 is 5.92 Å². The van der Waals surface area contributed by atoms with Crippen LogP contribution in [0.3, 0.4) is 0 Å². The Morgan fingerprint density at radius 1 is 1.10 bits per heavy atom. The summed E-state index contributed by atoms with van der Waals surface area (Å²) in [6.45, 7) is 2.87. The van der Waals surface area contributed by atoms with Gasteiger partial charge in [-0.1, -0.05) is 18.2 Å². The van der Waals surface area contributed by atoms with E-state index in [1.807, 2.05) is 19.1 Å². The molecule has 3 aromatic rings. The Bertz CT molecular complexity index is 1100. The number of hydrogen-bond acceptors (Lipinski definition) is 5. The summed E-state index contributed by atoms with van der Waals surface area (Å²) < 4.78 is 0. The van der Waals surface area contributed by atoms with Crippen molar-refractivity contribution in [2.75, 3.05) is 13.1 Å². The topological polar surface area (TPSA) is 96.0 Å². The zero-order valence-electron chi connectivity index (χ0n) is 16.2. The molecule has 29 heavy (non-hydrogen) atoms. The third kappa shape index (κ3) is 3.68. The Labute approximate surface area is 167 Å². The molecule has 1 aliphatic rings. The molecule has 3 heterocycles. The van der Waals surface area contributed by atoms with Gasteiger partial charge in [0.25, 0.3) is 5.56 Å². The third-order valence-electron chi connectivity index (χ3n) is 5.63. The molecule has 1 fully saturated rings. The van der Waals surface area contributed by atoms with Gasteiger partial charge in [0.15, 0.2) is 5.78 Å². The summed E-state index contributed by atoms with van der Waals surface area (Å²) >= 11 is 0. The zero-order valence-corrected chi connectivity index (χ0v) is 16.2. The minimum Gasteiger partial charge on any atom is -0.342 e. The summed E-state index contributed by atoms with van der Waals surface area (Å²) in [5.41, 5.74) is 0.923. The van der Waals surface area contributed by atoms with Gasteiger partial charge in [-0.25, -0.2) is 5.10 Å². The number of amides is 1. The van der Waals surface area contributed by atoms with Gasteiger partial charge in [0.1, 0.15) is 0 Å². The fraction of sp³-hybridized carbons (Fsp3) is 0.318. The molecule has 0 spiro atoms. The maximum atomic E-state index is 13.1. The number of aromatic amines is 1. The van der Waals surface area contributed by atoms with Crippen LogP contribution in [0.1, 0.15) is 41.7 Å². The number of fused-ring (bicyclic) bond motifs is 1. The number of carbonyl (C=O) groups is 2. The molecule has 1 N–H and O–H groups in total. The Kier molecular flexibility index (Phi) is 5.20. The summed E-state index contributed by atoms with van der Waals surface area (Å²) in [6, 6.07) is 10.7. The summed E-state index contributed by atoms with van der Waals surface area (Å²) in [7, 11) is 0. The number of nitrogens with one attached hydrogen (secondary N) is 1. The predicted octanol–water partition coefficient (Wildman–Crippen LogP) is 2.54. The van der Waals surface area contributed by atoms with Crippen LogP contribution in [0.5, 0.6) is 0 Å². The molecule has 1 aromatic carbocycles. The van der Waals surface area contributed by atoms with Crippen molar-refractivity contribution < 1.29 is 9.59 Å². The SMILES string of the molecule is C[C@H](C(=O)N1CCC(C(=O)c2cccnc2)CC1)c1n[nH]c(=O)c2ccccc12. The van der Waals surface area contributed by atoms with Crippen LogP contribution < -0.4 is 5.56 Å². The molecule has 0 aliphatic carbocycles. The van der Waals surface area contributed by atoms with E-state index in [9.17, 15) is 14.4 Å². The minimum absolute atomic E-state index is 0.0398. The quantitative estimate of drug-likeness (QED) is 0.691. The number of rotatable bonds is 4. The maximum Gasteiger partial charge on any atom is 0.272 e. The van der Waals surface area contributed by atoms with Gasteiger partial charge in [0.05, 0.1) is 17.0 Å². The van der Waals surface area contributed by atoms with E-state index in [1.54, 1.807) is 41.6 Å². The lowest BCUT2D eigenvalue weighted by molar-refractivity contribution is -0.133. The van der Waals surface area contributed by atoms with Crippen molar-refractivity contribution in [3.63, 3.8) is 0 Å². The Morgan fingerprint density at radius 2 is 1.83 bits per heavy atom. The first kappa shape index (κ1) is 19.0. The van der Waals surface area contributed by atoms with Crippen LogP contribution in [0.2, 0.25) is 0 Å². The normalized spacial score (nSPS) is 16.0. The lowest BCUT2D eigenvalue weighted by Gasteiger charge is -2.33. The van der Waals surface area contributed by atoms with Crippen molar-refractivity contribution in [1.29, 1.82) is 0 Å². The number of aromatic nitrogens is 3. The smallest absolute Gasteiger partial charge is 0.272 e. The van der Waals surface area contributed by atoms with Crippen LogP contribution in [0, 0.1) is 5.92 Å². The first-order valence-corrected chi connectivity index (χ1v) is 9.76. The van der Waals surface area contributed by atoms with Crippen LogP contribution in [-0.2, 0) is 4.79 Å². The van der Waals surface area contributed by atoms with Crippen molar-refractivity contribution in [3.05, 3.63) is 70.4 Å². The average molecular weight is 390 g/mol. The molecule has 1 saturated heterocycles. The molecule has 1 aliphatic heterocycles. The highest BCUT2D eigenvalue weighted by Gasteiger charge is 2.31. The first-order valence-electron chi connectivity index (χ1n) is 9.76. The van der Waals surface area contributed by atoms with Crippen molar-refractivity contribution in [1.82, 2.24) is 20.1 Å². The van der Waals surface area contributed by atoms with Gasteiger partial charge < -0.3 is 4.90 Å². The van der Waals surface area contributed by atoms with Gasteiger partial charge in [-0.3, -0.25) is 19.4 Å². The molecule has 7 heteroatoms. The van der Waals surface area contributed by atoms with Crippen LogP contribution in [-0.4, -0.2) is 44.9 Å². The number of pyridine rings is 1. The molecule has 0 unspecified atom stereocenters. The second-order valence-electron chi connectivity index (χ2n) is 7.41. The van der Waals surface area contributed by atoms with Crippen LogP contribution in [0.4, 0.5) is 0 Å². The Balaban J connectivity index is 1.47. The fourth-order valence-electron chi connectivity index (χ4n) is 3.96. The van der Waals surface area contributed by atoms with Gasteiger partial charge in [0, 0.05) is 42.4 Å². The molecule has 1 atom stereocenters. The average Bonchev–Trinajstić information content (AvgIpc) is 2.79. The zero-order chi connectivity index (χ0) is 20.4. The number of benzene rings is 1. The highest BCUT2D eigenvalue weighted by atomic mass is 16.2. The summed E-state index contributed by atoms with van der Waals surface area (Å²) in [5.74, 6) is -0.526. The van der Waals surface area contributed by atoms with Crippen molar-refractivity contribution in [2.24, 2.45) is 5.92 Å². The number of H-pyrrole nitrogens is 1. The van der Waals surface area contributed by atoms with Gasteiger partial charge in [-0.2, -0.15) is 5.10 Å². The molecule has 0 bridgehead atoms. The molecular formula is C22H22N4O3. The highest BCUT2D eigenvalue weighted by Crippen LogP contribution is 2.26. The fourth-order valence-corrected chi connectivity index (χ4v) is 3.96. The van der Waals surface area contributed by atoms with Gasteiger partial charge in [0.2, 0.25) is 5.91 Å². The lowest BCUT2D eigenvalue weighted by Crippen LogP contribution is -2.42. The molecule has 148 valence electrons. The van der Waals surface area contributed by atoms with E-state index in [1.165, 1.54) is 0 Å². The van der Waals surface area contributed by atoms with E-state index in [0.717, 1.165) is 0 Å². The number of likely N-dealkylation sites (tertiary alicyclic amines) is 1. The first-order chi connectivity index (χ1) is 14.1. The van der Waals surface area contributed by atoms with Crippen LogP contribution in [0.25, 0.3) is 10.8 Å². The largest absolute Gasteiger partial charge is 0.342 e. The number of nitrogens with zero attached hydrogens (tertiary/aromatic N) is 3. The second-order valence-corrected chi connectivity index (χ2v) is 7.41. The van der Waals surface area contributed by atoms with Gasteiger partial charge in [-0.15, -0.1) is 0 Å². The Hall–Kier alpha value is -3.35. The molecule has 7 nitrogen and oxygen atoms in total. The highest BCUT2D eigenvalue weighted by molar-refractivity contribution is 5.98. The Morgan fingerprint density at radius 3 is 2.52 bits per heavy atom. The molecule has 2 aromatic heterocycles.